The SMILES string of the molecule is Cc1cccc(OCC(=O)N2CCC[C@@H](C(=O)Nc3ccccc3)C2)c1. The predicted octanol–water partition coefficient (Wildman–Crippen LogP) is 3.25. The van der Waals surface area contributed by atoms with E-state index in [1.165, 1.54) is 0 Å². The third-order valence-corrected chi connectivity index (χ3v) is 4.54. The molecule has 0 spiro atoms. The average molecular weight is 352 g/mol. The number of anilines is 1. The standard InChI is InChI=1S/C21H24N2O3/c1-16-7-5-11-19(13-16)26-15-20(24)23-12-6-8-17(14-23)21(25)22-18-9-3-2-4-10-18/h2-5,7,9-11,13,17H,6,8,12,14-15H2,1H3,(H,22,25)/t17-/m1/s1. The summed E-state index contributed by atoms with van der Waals surface area (Å²) in [4.78, 5) is 26.7. The van der Waals surface area contributed by atoms with Gasteiger partial charge in [0.1, 0.15) is 5.75 Å². The van der Waals surface area contributed by atoms with Gasteiger partial charge in [-0.1, -0.05) is 30.3 Å². The molecule has 1 heterocycles. The molecule has 3 rings (SSSR count). The Morgan fingerprint density at radius 2 is 1.96 bits per heavy atom. The minimum Gasteiger partial charge on any atom is -0.484 e. The number of likely N-dealkylation sites (tertiary alicyclic amines) is 1. The second-order valence-electron chi connectivity index (χ2n) is 6.64. The Bertz CT molecular complexity index is 761. The number of hydrogen-bond acceptors (Lipinski definition) is 3. The Hall–Kier alpha value is -2.82. The van der Waals surface area contributed by atoms with Gasteiger partial charge >= 0.3 is 0 Å². The molecule has 2 amide bonds. The number of benzene rings is 2. The summed E-state index contributed by atoms with van der Waals surface area (Å²) in [5, 5.41) is 2.93. The van der Waals surface area contributed by atoms with E-state index in [0.29, 0.717) is 18.8 Å². The number of hydrogen-bond donors (Lipinski definition) is 1. The number of aryl methyl sites for hydroxylation is 1. The number of carbonyl (C=O) groups is 2. The maximum absolute atomic E-state index is 12.5. The quantitative estimate of drug-likeness (QED) is 0.899. The van der Waals surface area contributed by atoms with Gasteiger partial charge in [-0.25, -0.2) is 0 Å². The first-order valence-corrected chi connectivity index (χ1v) is 8.95. The third kappa shape index (κ3) is 4.85. The van der Waals surface area contributed by atoms with Crippen molar-refractivity contribution in [2.75, 3.05) is 25.0 Å². The Morgan fingerprint density at radius 1 is 1.15 bits per heavy atom. The number of para-hydroxylation sites is 1. The molecule has 1 aliphatic heterocycles. The summed E-state index contributed by atoms with van der Waals surface area (Å²) in [6.45, 7) is 3.09. The molecule has 0 unspecified atom stereocenters. The molecule has 0 aromatic heterocycles. The smallest absolute Gasteiger partial charge is 0.260 e. The minimum atomic E-state index is -0.188. The van der Waals surface area contributed by atoms with Gasteiger partial charge in [-0.05, 0) is 49.6 Å². The van der Waals surface area contributed by atoms with Crippen molar-refractivity contribution in [1.29, 1.82) is 0 Å². The summed E-state index contributed by atoms with van der Waals surface area (Å²) in [6, 6.07) is 17.0. The number of nitrogens with zero attached hydrogens (tertiary/aromatic N) is 1. The molecule has 136 valence electrons. The normalized spacial score (nSPS) is 16.8. The van der Waals surface area contributed by atoms with Crippen LogP contribution in [0, 0.1) is 12.8 Å². The van der Waals surface area contributed by atoms with Crippen LogP contribution in [0.5, 0.6) is 5.75 Å². The minimum absolute atomic E-state index is 0.00349. The van der Waals surface area contributed by atoms with E-state index in [0.717, 1.165) is 24.1 Å². The van der Waals surface area contributed by atoms with Crippen LogP contribution in [-0.2, 0) is 9.59 Å². The fraction of sp³-hybridized carbons (Fsp3) is 0.333. The molecule has 1 N–H and O–H groups in total. The molecular formula is C21H24N2O3. The van der Waals surface area contributed by atoms with Crippen molar-refractivity contribution in [1.82, 2.24) is 4.90 Å². The Labute approximate surface area is 154 Å². The molecule has 1 saturated heterocycles. The topological polar surface area (TPSA) is 58.6 Å². The second-order valence-corrected chi connectivity index (χ2v) is 6.64. The Balaban J connectivity index is 1.52. The molecule has 5 heteroatoms. The van der Waals surface area contributed by atoms with Crippen molar-refractivity contribution in [2.45, 2.75) is 19.8 Å². The number of carbonyl (C=O) groups excluding carboxylic acids is 2. The van der Waals surface area contributed by atoms with E-state index in [4.69, 9.17) is 4.74 Å². The molecule has 0 radical (unpaired) electrons. The van der Waals surface area contributed by atoms with E-state index in [1.807, 2.05) is 61.5 Å². The van der Waals surface area contributed by atoms with Gasteiger partial charge in [0.05, 0.1) is 5.92 Å². The van der Waals surface area contributed by atoms with Crippen LogP contribution in [-0.4, -0.2) is 36.4 Å². The summed E-state index contributed by atoms with van der Waals surface area (Å²) in [5.74, 6) is 0.387. The lowest BCUT2D eigenvalue weighted by Crippen LogP contribution is -2.45. The van der Waals surface area contributed by atoms with Gasteiger partial charge in [0.25, 0.3) is 5.91 Å². The summed E-state index contributed by atoms with van der Waals surface area (Å²) in [6.07, 6.45) is 1.62. The van der Waals surface area contributed by atoms with Gasteiger partial charge < -0.3 is 15.0 Å². The van der Waals surface area contributed by atoms with Crippen LogP contribution >= 0.6 is 0 Å². The molecule has 2 aromatic carbocycles. The first-order chi connectivity index (χ1) is 12.6. The highest BCUT2D eigenvalue weighted by Crippen LogP contribution is 2.19. The third-order valence-electron chi connectivity index (χ3n) is 4.54. The molecule has 0 bridgehead atoms. The van der Waals surface area contributed by atoms with Crippen molar-refractivity contribution >= 4 is 17.5 Å². The van der Waals surface area contributed by atoms with E-state index in [1.54, 1.807) is 4.90 Å². The number of amides is 2. The monoisotopic (exact) mass is 352 g/mol. The van der Waals surface area contributed by atoms with Crippen molar-refractivity contribution < 1.29 is 14.3 Å². The molecular weight excluding hydrogens is 328 g/mol. The van der Waals surface area contributed by atoms with E-state index in [2.05, 4.69) is 5.32 Å². The predicted molar refractivity (Wildman–Crippen MR) is 101 cm³/mol. The van der Waals surface area contributed by atoms with Crippen LogP contribution in [0.4, 0.5) is 5.69 Å². The zero-order chi connectivity index (χ0) is 18.4. The lowest BCUT2D eigenvalue weighted by atomic mass is 9.97. The van der Waals surface area contributed by atoms with Crippen LogP contribution in [0.2, 0.25) is 0 Å². The van der Waals surface area contributed by atoms with Gasteiger partial charge in [-0.15, -0.1) is 0 Å². The van der Waals surface area contributed by atoms with Crippen molar-refractivity contribution in [3.05, 3.63) is 60.2 Å². The summed E-state index contributed by atoms with van der Waals surface area (Å²) in [5.41, 5.74) is 1.87. The van der Waals surface area contributed by atoms with Crippen LogP contribution in [0.25, 0.3) is 0 Å². The van der Waals surface area contributed by atoms with Gasteiger partial charge in [-0.2, -0.15) is 0 Å². The largest absolute Gasteiger partial charge is 0.484 e. The van der Waals surface area contributed by atoms with Crippen LogP contribution < -0.4 is 10.1 Å². The number of piperidine rings is 1. The van der Waals surface area contributed by atoms with Crippen molar-refractivity contribution in [2.24, 2.45) is 5.92 Å². The molecule has 26 heavy (non-hydrogen) atoms. The Kier molecular flexibility index (Phi) is 5.89. The van der Waals surface area contributed by atoms with E-state index >= 15 is 0 Å². The summed E-state index contributed by atoms with van der Waals surface area (Å²) >= 11 is 0. The van der Waals surface area contributed by atoms with Crippen molar-refractivity contribution in [3.8, 4) is 5.75 Å². The van der Waals surface area contributed by atoms with Gasteiger partial charge in [0, 0.05) is 18.8 Å². The Morgan fingerprint density at radius 3 is 2.73 bits per heavy atom. The molecule has 1 aliphatic rings. The fourth-order valence-electron chi connectivity index (χ4n) is 3.12. The van der Waals surface area contributed by atoms with Gasteiger partial charge in [0.2, 0.25) is 5.91 Å². The van der Waals surface area contributed by atoms with Crippen molar-refractivity contribution in [3.63, 3.8) is 0 Å². The zero-order valence-corrected chi connectivity index (χ0v) is 15.0. The summed E-state index contributed by atoms with van der Waals surface area (Å²) in [7, 11) is 0. The first kappa shape index (κ1) is 18.0. The molecule has 1 atom stereocenters. The first-order valence-electron chi connectivity index (χ1n) is 8.95. The number of rotatable bonds is 5. The maximum Gasteiger partial charge on any atom is 0.260 e. The average Bonchev–Trinajstić information content (AvgIpc) is 2.67. The number of ether oxygens (including phenoxy) is 1. The molecule has 0 saturated carbocycles. The van der Waals surface area contributed by atoms with Crippen LogP contribution in [0.15, 0.2) is 54.6 Å². The lowest BCUT2D eigenvalue weighted by molar-refractivity contribution is -0.136. The second kappa shape index (κ2) is 8.52. The van der Waals surface area contributed by atoms with Gasteiger partial charge in [-0.3, -0.25) is 9.59 Å². The van der Waals surface area contributed by atoms with E-state index in [-0.39, 0.29) is 24.3 Å². The van der Waals surface area contributed by atoms with E-state index in [9.17, 15) is 9.59 Å². The maximum atomic E-state index is 12.5. The zero-order valence-electron chi connectivity index (χ0n) is 15.0. The molecule has 1 fully saturated rings. The molecule has 5 nitrogen and oxygen atoms in total. The van der Waals surface area contributed by atoms with E-state index < -0.39 is 0 Å². The van der Waals surface area contributed by atoms with Crippen LogP contribution in [0.1, 0.15) is 18.4 Å². The molecule has 2 aromatic rings. The highest BCUT2D eigenvalue weighted by molar-refractivity contribution is 5.93. The molecule has 0 aliphatic carbocycles. The van der Waals surface area contributed by atoms with Gasteiger partial charge in [0.15, 0.2) is 6.61 Å². The fourth-order valence-corrected chi connectivity index (χ4v) is 3.12. The number of nitrogens with one attached hydrogen (secondary N) is 1. The van der Waals surface area contributed by atoms with Crippen LogP contribution in [0.3, 0.4) is 0 Å². The lowest BCUT2D eigenvalue weighted by Gasteiger charge is -2.32. The highest BCUT2D eigenvalue weighted by atomic mass is 16.5. The summed E-state index contributed by atoms with van der Waals surface area (Å²) < 4.78 is 5.60. The highest BCUT2D eigenvalue weighted by Gasteiger charge is 2.28.